The second-order valence-corrected chi connectivity index (χ2v) is 5.48. The number of phenolic OH excluding ortho intramolecular Hbond substituents is 2. The van der Waals surface area contributed by atoms with Gasteiger partial charge in [0.25, 0.3) is 0 Å². The Bertz CT molecular complexity index is 619. The molecule has 0 aliphatic carbocycles. The van der Waals surface area contributed by atoms with Crippen molar-refractivity contribution in [2.45, 2.75) is 40.5 Å². The lowest BCUT2D eigenvalue weighted by atomic mass is 9.91. The number of benzene rings is 2. The Hall–Kier alpha value is -1.96. The summed E-state index contributed by atoms with van der Waals surface area (Å²) in [4.78, 5) is 0. The van der Waals surface area contributed by atoms with Crippen molar-refractivity contribution in [1.29, 1.82) is 0 Å². The SMILES string of the molecule is CCCc1c(O)ccc(-c2c(C)cc(C)cc2C)c1O. The van der Waals surface area contributed by atoms with Crippen molar-refractivity contribution < 1.29 is 10.2 Å². The summed E-state index contributed by atoms with van der Waals surface area (Å²) in [5, 5.41) is 20.4. The molecule has 0 bridgehead atoms. The molecular weight excluding hydrogens is 248 g/mol. The van der Waals surface area contributed by atoms with Crippen LogP contribution in [0.25, 0.3) is 11.1 Å². The Balaban J connectivity index is 2.68. The van der Waals surface area contributed by atoms with Crippen LogP contribution in [0.5, 0.6) is 11.5 Å². The molecule has 0 aromatic heterocycles. The molecule has 0 unspecified atom stereocenters. The Kier molecular flexibility index (Phi) is 4.03. The first-order valence-electron chi connectivity index (χ1n) is 7.07. The van der Waals surface area contributed by atoms with Crippen LogP contribution in [-0.4, -0.2) is 10.2 Å². The summed E-state index contributed by atoms with van der Waals surface area (Å²) in [6, 6.07) is 7.72. The molecule has 0 saturated carbocycles. The van der Waals surface area contributed by atoms with E-state index < -0.39 is 0 Å². The number of aryl methyl sites for hydroxylation is 3. The average Bonchev–Trinajstić information content (AvgIpc) is 2.36. The maximum Gasteiger partial charge on any atom is 0.130 e. The van der Waals surface area contributed by atoms with Gasteiger partial charge in [-0.15, -0.1) is 0 Å². The lowest BCUT2D eigenvalue weighted by Gasteiger charge is -2.16. The summed E-state index contributed by atoms with van der Waals surface area (Å²) in [6.07, 6.45) is 1.56. The molecule has 2 rings (SSSR count). The quantitative estimate of drug-likeness (QED) is 0.852. The molecule has 2 nitrogen and oxygen atoms in total. The van der Waals surface area contributed by atoms with Crippen molar-refractivity contribution in [2.75, 3.05) is 0 Å². The van der Waals surface area contributed by atoms with Gasteiger partial charge in [0.1, 0.15) is 11.5 Å². The highest BCUT2D eigenvalue weighted by molar-refractivity contribution is 5.78. The summed E-state index contributed by atoms with van der Waals surface area (Å²) in [5.41, 5.74) is 6.02. The minimum atomic E-state index is 0.176. The van der Waals surface area contributed by atoms with Gasteiger partial charge < -0.3 is 10.2 Å². The summed E-state index contributed by atoms with van der Waals surface area (Å²) in [6.45, 7) is 8.22. The number of aromatic hydroxyl groups is 2. The van der Waals surface area contributed by atoms with Gasteiger partial charge >= 0.3 is 0 Å². The monoisotopic (exact) mass is 270 g/mol. The van der Waals surface area contributed by atoms with E-state index in [0.29, 0.717) is 12.0 Å². The lowest BCUT2D eigenvalue weighted by Crippen LogP contribution is -1.94. The van der Waals surface area contributed by atoms with Crippen LogP contribution < -0.4 is 0 Å². The van der Waals surface area contributed by atoms with E-state index in [1.54, 1.807) is 12.1 Å². The van der Waals surface area contributed by atoms with Gasteiger partial charge in [0.2, 0.25) is 0 Å². The highest BCUT2D eigenvalue weighted by Crippen LogP contribution is 2.40. The van der Waals surface area contributed by atoms with Crippen molar-refractivity contribution in [2.24, 2.45) is 0 Å². The predicted molar refractivity (Wildman–Crippen MR) is 83.4 cm³/mol. The van der Waals surface area contributed by atoms with Crippen molar-refractivity contribution in [3.63, 3.8) is 0 Å². The largest absolute Gasteiger partial charge is 0.508 e. The summed E-state index contributed by atoms with van der Waals surface area (Å²) >= 11 is 0. The molecule has 0 amide bonds. The number of rotatable bonds is 3. The molecule has 0 saturated heterocycles. The lowest BCUT2D eigenvalue weighted by molar-refractivity contribution is 0.439. The smallest absolute Gasteiger partial charge is 0.130 e. The van der Waals surface area contributed by atoms with E-state index >= 15 is 0 Å². The predicted octanol–water partition coefficient (Wildman–Crippen LogP) is 4.64. The molecule has 0 spiro atoms. The molecule has 0 radical (unpaired) electrons. The molecule has 0 aliphatic rings. The zero-order valence-electron chi connectivity index (χ0n) is 12.6. The third kappa shape index (κ3) is 2.51. The number of hydrogen-bond acceptors (Lipinski definition) is 2. The Morgan fingerprint density at radius 1 is 0.950 bits per heavy atom. The minimum absolute atomic E-state index is 0.176. The molecule has 0 aliphatic heterocycles. The van der Waals surface area contributed by atoms with Crippen LogP contribution >= 0.6 is 0 Å². The fraction of sp³-hybridized carbons (Fsp3) is 0.333. The maximum atomic E-state index is 10.5. The highest BCUT2D eigenvalue weighted by Gasteiger charge is 2.16. The van der Waals surface area contributed by atoms with Gasteiger partial charge in [-0.05, 0) is 56.0 Å². The molecule has 0 fully saturated rings. The van der Waals surface area contributed by atoms with E-state index in [-0.39, 0.29) is 11.5 Å². The van der Waals surface area contributed by atoms with Gasteiger partial charge in [-0.3, -0.25) is 0 Å². The third-order valence-corrected chi connectivity index (χ3v) is 3.70. The van der Waals surface area contributed by atoms with E-state index in [1.807, 2.05) is 6.92 Å². The zero-order chi connectivity index (χ0) is 14.9. The van der Waals surface area contributed by atoms with Crippen LogP contribution in [0.15, 0.2) is 24.3 Å². The van der Waals surface area contributed by atoms with Crippen molar-refractivity contribution in [3.8, 4) is 22.6 Å². The van der Waals surface area contributed by atoms with Crippen LogP contribution in [0.1, 0.15) is 35.6 Å². The van der Waals surface area contributed by atoms with E-state index in [0.717, 1.165) is 28.7 Å². The summed E-state index contributed by atoms with van der Waals surface area (Å²) in [5.74, 6) is 0.387. The van der Waals surface area contributed by atoms with Gasteiger partial charge in [0, 0.05) is 11.1 Å². The second-order valence-electron chi connectivity index (χ2n) is 5.48. The Morgan fingerprint density at radius 2 is 1.55 bits per heavy atom. The van der Waals surface area contributed by atoms with E-state index in [2.05, 4.69) is 32.9 Å². The first kappa shape index (κ1) is 14.4. The molecule has 0 atom stereocenters. The molecule has 106 valence electrons. The standard InChI is InChI=1S/C18H22O2/c1-5-6-14-16(19)8-7-15(18(14)20)17-12(3)9-11(2)10-13(17)4/h7-10,19-20H,5-6H2,1-4H3. The molecule has 2 heteroatoms. The number of phenols is 2. The molecular formula is C18H22O2. The Morgan fingerprint density at radius 3 is 2.10 bits per heavy atom. The van der Waals surface area contributed by atoms with Crippen molar-refractivity contribution in [3.05, 3.63) is 46.5 Å². The fourth-order valence-corrected chi connectivity index (χ4v) is 2.93. The summed E-state index contributed by atoms with van der Waals surface area (Å²) in [7, 11) is 0. The van der Waals surface area contributed by atoms with Crippen LogP contribution in [0.4, 0.5) is 0 Å². The van der Waals surface area contributed by atoms with Gasteiger partial charge in [-0.2, -0.15) is 0 Å². The third-order valence-electron chi connectivity index (χ3n) is 3.70. The molecule has 2 N–H and O–H groups in total. The van der Waals surface area contributed by atoms with Crippen LogP contribution in [0, 0.1) is 20.8 Å². The van der Waals surface area contributed by atoms with Gasteiger partial charge in [0.05, 0.1) is 0 Å². The molecule has 2 aromatic rings. The topological polar surface area (TPSA) is 40.5 Å². The Labute approximate surface area is 120 Å². The van der Waals surface area contributed by atoms with Crippen molar-refractivity contribution >= 4 is 0 Å². The van der Waals surface area contributed by atoms with E-state index in [1.165, 1.54) is 5.56 Å². The average molecular weight is 270 g/mol. The highest BCUT2D eigenvalue weighted by atomic mass is 16.3. The van der Waals surface area contributed by atoms with E-state index in [9.17, 15) is 10.2 Å². The zero-order valence-corrected chi connectivity index (χ0v) is 12.6. The van der Waals surface area contributed by atoms with Crippen LogP contribution in [0.2, 0.25) is 0 Å². The van der Waals surface area contributed by atoms with Gasteiger partial charge in [-0.25, -0.2) is 0 Å². The van der Waals surface area contributed by atoms with Gasteiger partial charge in [-0.1, -0.05) is 31.0 Å². The number of hydrogen-bond donors (Lipinski definition) is 2. The molecule has 2 aromatic carbocycles. The summed E-state index contributed by atoms with van der Waals surface area (Å²) < 4.78 is 0. The fourth-order valence-electron chi connectivity index (χ4n) is 2.93. The second kappa shape index (κ2) is 5.58. The van der Waals surface area contributed by atoms with Crippen LogP contribution in [-0.2, 0) is 6.42 Å². The van der Waals surface area contributed by atoms with Crippen LogP contribution in [0.3, 0.4) is 0 Å². The molecule has 20 heavy (non-hydrogen) atoms. The van der Waals surface area contributed by atoms with Gasteiger partial charge in [0.15, 0.2) is 0 Å². The first-order valence-corrected chi connectivity index (χ1v) is 7.07. The first-order chi connectivity index (χ1) is 9.45. The maximum absolute atomic E-state index is 10.5. The van der Waals surface area contributed by atoms with E-state index in [4.69, 9.17) is 0 Å². The molecule has 0 heterocycles. The minimum Gasteiger partial charge on any atom is -0.508 e. The van der Waals surface area contributed by atoms with Crippen molar-refractivity contribution in [1.82, 2.24) is 0 Å². The normalized spacial score (nSPS) is 10.8.